The van der Waals surface area contributed by atoms with Gasteiger partial charge in [-0.2, -0.15) is 0 Å². The van der Waals surface area contributed by atoms with Gasteiger partial charge in [-0.25, -0.2) is 0 Å². The number of carboxylic acid groups (broad SMARTS) is 1. The van der Waals surface area contributed by atoms with E-state index in [-0.39, 0.29) is 12.2 Å². The molecule has 0 saturated carbocycles. The van der Waals surface area contributed by atoms with Crippen molar-refractivity contribution in [1.82, 2.24) is 0 Å². The molecule has 140 valence electrons. The van der Waals surface area contributed by atoms with Gasteiger partial charge in [-0.1, -0.05) is 64.0 Å². The normalized spacial score (nSPS) is 22.0. The summed E-state index contributed by atoms with van der Waals surface area (Å²) in [4.78, 5) is 11.0. The molecule has 1 heterocycles. The van der Waals surface area contributed by atoms with E-state index in [4.69, 9.17) is 9.84 Å². The largest absolute Gasteiger partial charge is 0.481 e. The molecule has 1 aliphatic heterocycles. The van der Waals surface area contributed by atoms with Gasteiger partial charge >= 0.3 is 5.97 Å². The van der Waals surface area contributed by atoms with Crippen LogP contribution in [-0.4, -0.2) is 34.5 Å². The Kier molecular flexibility index (Phi) is 9.60. The van der Waals surface area contributed by atoms with E-state index in [1.807, 2.05) is 12.2 Å². The number of aliphatic hydroxyl groups is 1. The first-order chi connectivity index (χ1) is 11.4. The third-order valence-electron chi connectivity index (χ3n) is 4.87. The zero-order valence-corrected chi connectivity index (χ0v) is 15.7. The summed E-state index contributed by atoms with van der Waals surface area (Å²) >= 11 is 0. The minimum Gasteiger partial charge on any atom is -0.481 e. The van der Waals surface area contributed by atoms with Gasteiger partial charge in [-0.15, -0.1) is 0 Å². The van der Waals surface area contributed by atoms with Crippen molar-refractivity contribution in [2.75, 3.05) is 0 Å². The highest BCUT2D eigenvalue weighted by Crippen LogP contribution is 2.29. The van der Waals surface area contributed by atoms with Gasteiger partial charge < -0.3 is 14.9 Å². The molecule has 3 unspecified atom stereocenters. The molecule has 4 heteroatoms. The van der Waals surface area contributed by atoms with Crippen LogP contribution in [0.1, 0.15) is 85.0 Å². The summed E-state index contributed by atoms with van der Waals surface area (Å²) in [5, 5.41) is 19.0. The maximum absolute atomic E-state index is 11.0. The molecule has 3 atom stereocenters. The number of carboxylic acids is 1. The number of ether oxygens (including phenoxy) is 1. The van der Waals surface area contributed by atoms with E-state index in [1.165, 1.54) is 19.3 Å². The lowest BCUT2D eigenvalue weighted by molar-refractivity contribution is -0.147. The molecule has 0 radical (unpaired) electrons. The van der Waals surface area contributed by atoms with E-state index in [2.05, 4.69) is 6.92 Å². The van der Waals surface area contributed by atoms with E-state index >= 15 is 0 Å². The Hall–Kier alpha value is -0.870. The van der Waals surface area contributed by atoms with Crippen molar-refractivity contribution >= 4 is 5.97 Å². The number of epoxide rings is 1. The number of unbranched alkanes of at least 4 members (excludes halogenated alkanes) is 5. The van der Waals surface area contributed by atoms with Crippen LogP contribution in [0.5, 0.6) is 0 Å². The molecule has 0 aliphatic carbocycles. The van der Waals surface area contributed by atoms with Crippen molar-refractivity contribution in [2.24, 2.45) is 5.41 Å². The molecule has 0 spiro atoms. The zero-order chi connectivity index (χ0) is 18.0. The standard InChI is InChI=1S/C20H36O4/c1-4-5-8-12-17-18(24-17)14-13-16(21)11-9-6-7-10-15-20(2,3)19(22)23/h13-14,16-18,21H,4-12,15H2,1-3H3,(H,22,23)/b14-13+. The fourth-order valence-corrected chi connectivity index (χ4v) is 2.87. The molecule has 1 fully saturated rings. The second-order valence-electron chi connectivity index (χ2n) is 7.73. The summed E-state index contributed by atoms with van der Waals surface area (Å²) in [6.45, 7) is 5.76. The second kappa shape index (κ2) is 10.9. The summed E-state index contributed by atoms with van der Waals surface area (Å²) in [5.41, 5.74) is -0.625. The topological polar surface area (TPSA) is 70.1 Å². The number of hydrogen-bond acceptors (Lipinski definition) is 3. The molecular formula is C20H36O4. The number of aliphatic carboxylic acids is 1. The smallest absolute Gasteiger partial charge is 0.309 e. The summed E-state index contributed by atoms with van der Waals surface area (Å²) in [6.07, 6.45) is 14.4. The van der Waals surface area contributed by atoms with Crippen LogP contribution in [0, 0.1) is 5.41 Å². The van der Waals surface area contributed by atoms with E-state index in [0.717, 1.165) is 38.5 Å². The van der Waals surface area contributed by atoms with Gasteiger partial charge in [-0.3, -0.25) is 4.79 Å². The van der Waals surface area contributed by atoms with Crippen LogP contribution in [0.25, 0.3) is 0 Å². The van der Waals surface area contributed by atoms with Crippen LogP contribution < -0.4 is 0 Å². The Bertz CT molecular complexity index is 389. The summed E-state index contributed by atoms with van der Waals surface area (Å²) < 4.78 is 5.58. The molecule has 2 N–H and O–H groups in total. The van der Waals surface area contributed by atoms with Crippen molar-refractivity contribution in [2.45, 2.75) is 103 Å². The maximum atomic E-state index is 11.0. The van der Waals surface area contributed by atoms with Gasteiger partial charge in [0.2, 0.25) is 0 Å². The van der Waals surface area contributed by atoms with Gasteiger partial charge in [0.1, 0.15) is 6.10 Å². The lowest BCUT2D eigenvalue weighted by atomic mass is 9.87. The molecule has 1 aliphatic rings. The van der Waals surface area contributed by atoms with Crippen LogP contribution in [0.3, 0.4) is 0 Å². The van der Waals surface area contributed by atoms with Gasteiger partial charge in [0, 0.05) is 0 Å². The van der Waals surface area contributed by atoms with Crippen LogP contribution in [0.2, 0.25) is 0 Å². The van der Waals surface area contributed by atoms with E-state index < -0.39 is 11.4 Å². The average Bonchev–Trinajstić information content (AvgIpc) is 3.27. The van der Waals surface area contributed by atoms with Crippen molar-refractivity contribution in [1.29, 1.82) is 0 Å². The van der Waals surface area contributed by atoms with Gasteiger partial charge in [0.25, 0.3) is 0 Å². The van der Waals surface area contributed by atoms with Crippen LogP contribution in [0.4, 0.5) is 0 Å². The van der Waals surface area contributed by atoms with Crippen molar-refractivity contribution in [3.05, 3.63) is 12.2 Å². The molecule has 24 heavy (non-hydrogen) atoms. The maximum Gasteiger partial charge on any atom is 0.309 e. The van der Waals surface area contributed by atoms with E-state index in [9.17, 15) is 9.90 Å². The lowest BCUT2D eigenvalue weighted by Crippen LogP contribution is -2.23. The van der Waals surface area contributed by atoms with Crippen molar-refractivity contribution < 1.29 is 19.7 Å². The zero-order valence-electron chi connectivity index (χ0n) is 15.7. The Morgan fingerprint density at radius 2 is 1.88 bits per heavy atom. The Morgan fingerprint density at radius 3 is 2.54 bits per heavy atom. The van der Waals surface area contributed by atoms with Gasteiger partial charge in [0.05, 0.1) is 17.6 Å². The molecular weight excluding hydrogens is 304 g/mol. The third kappa shape index (κ3) is 8.84. The van der Waals surface area contributed by atoms with Crippen molar-refractivity contribution in [3.63, 3.8) is 0 Å². The molecule has 0 aromatic carbocycles. The van der Waals surface area contributed by atoms with Gasteiger partial charge in [0.15, 0.2) is 0 Å². The van der Waals surface area contributed by atoms with Crippen LogP contribution in [-0.2, 0) is 9.53 Å². The first kappa shape index (κ1) is 21.2. The van der Waals surface area contributed by atoms with Crippen molar-refractivity contribution in [3.8, 4) is 0 Å². The highest BCUT2D eigenvalue weighted by Gasteiger charge is 2.35. The fraction of sp³-hybridized carbons (Fsp3) is 0.850. The predicted molar refractivity (Wildman–Crippen MR) is 97.1 cm³/mol. The second-order valence-corrected chi connectivity index (χ2v) is 7.73. The van der Waals surface area contributed by atoms with Crippen LogP contribution >= 0.6 is 0 Å². The third-order valence-corrected chi connectivity index (χ3v) is 4.87. The minimum absolute atomic E-state index is 0.217. The molecule has 0 amide bonds. The average molecular weight is 341 g/mol. The number of rotatable bonds is 14. The molecule has 1 rings (SSSR count). The number of aliphatic hydroxyl groups excluding tert-OH is 1. The molecule has 1 saturated heterocycles. The van der Waals surface area contributed by atoms with Gasteiger partial charge in [-0.05, 0) is 33.1 Å². The fourth-order valence-electron chi connectivity index (χ4n) is 2.87. The minimum atomic E-state index is -0.724. The summed E-state index contributed by atoms with van der Waals surface area (Å²) in [6, 6.07) is 0. The van der Waals surface area contributed by atoms with Crippen LogP contribution in [0.15, 0.2) is 12.2 Å². The predicted octanol–water partition coefficient (Wildman–Crippen LogP) is 4.70. The molecule has 0 aromatic rings. The lowest BCUT2D eigenvalue weighted by Gasteiger charge is -2.18. The summed E-state index contributed by atoms with van der Waals surface area (Å²) in [5.74, 6) is -0.724. The summed E-state index contributed by atoms with van der Waals surface area (Å²) in [7, 11) is 0. The Labute approximate surface area is 147 Å². The highest BCUT2D eigenvalue weighted by atomic mass is 16.6. The quantitative estimate of drug-likeness (QED) is 0.273. The molecule has 4 nitrogen and oxygen atoms in total. The highest BCUT2D eigenvalue weighted by molar-refractivity contribution is 5.73. The molecule has 0 bridgehead atoms. The van der Waals surface area contributed by atoms with E-state index in [0.29, 0.717) is 12.5 Å². The Balaban J connectivity index is 2.00. The first-order valence-corrected chi connectivity index (χ1v) is 9.62. The molecule has 0 aromatic heterocycles. The number of carbonyl (C=O) groups is 1. The SMILES string of the molecule is CCCCCC1OC1/C=C/C(O)CCCCCCC(C)(C)C(=O)O. The first-order valence-electron chi connectivity index (χ1n) is 9.62. The Morgan fingerprint density at radius 1 is 1.17 bits per heavy atom. The monoisotopic (exact) mass is 340 g/mol. The number of hydrogen-bond donors (Lipinski definition) is 2. The van der Waals surface area contributed by atoms with E-state index in [1.54, 1.807) is 13.8 Å².